The summed E-state index contributed by atoms with van der Waals surface area (Å²) in [6, 6.07) is 2.33. The molecule has 0 bridgehead atoms. The van der Waals surface area contributed by atoms with Crippen molar-refractivity contribution in [3.63, 3.8) is 0 Å². The summed E-state index contributed by atoms with van der Waals surface area (Å²) in [7, 11) is 0. The number of rotatable bonds is 1. The van der Waals surface area contributed by atoms with E-state index in [-0.39, 0.29) is 16.0 Å². The largest absolute Gasteiger partial charge is 0.310 e. The zero-order valence-corrected chi connectivity index (χ0v) is 9.01. The van der Waals surface area contributed by atoms with Crippen LogP contribution in [0.4, 0.5) is 4.39 Å². The van der Waals surface area contributed by atoms with Crippen molar-refractivity contribution in [2.75, 3.05) is 0 Å². The fourth-order valence-electron chi connectivity index (χ4n) is 1.73. The van der Waals surface area contributed by atoms with Crippen molar-refractivity contribution in [3.05, 3.63) is 39.2 Å². The lowest BCUT2D eigenvalue weighted by molar-refractivity contribution is 0.629. The maximum Gasteiger partial charge on any atom is 0.258 e. The fourth-order valence-corrected chi connectivity index (χ4v) is 1.98. The summed E-state index contributed by atoms with van der Waals surface area (Å²) in [6.45, 7) is 0. The third-order valence-electron chi connectivity index (χ3n) is 2.71. The van der Waals surface area contributed by atoms with Crippen LogP contribution in [-0.4, -0.2) is 9.97 Å². The minimum Gasteiger partial charge on any atom is -0.310 e. The Morgan fingerprint density at radius 2 is 2.19 bits per heavy atom. The molecule has 0 unspecified atom stereocenters. The van der Waals surface area contributed by atoms with Crippen molar-refractivity contribution < 1.29 is 4.39 Å². The van der Waals surface area contributed by atoms with Crippen LogP contribution in [0.15, 0.2) is 16.9 Å². The Balaban J connectivity index is 2.37. The SMILES string of the molecule is O=c1[nH]c(C2CC2)nc2c(Cl)cc(F)cc12. The van der Waals surface area contributed by atoms with Crippen LogP contribution >= 0.6 is 11.6 Å². The van der Waals surface area contributed by atoms with Gasteiger partial charge in [0.05, 0.1) is 15.9 Å². The number of fused-ring (bicyclic) bond motifs is 1. The molecule has 82 valence electrons. The van der Waals surface area contributed by atoms with Crippen molar-refractivity contribution in [1.29, 1.82) is 0 Å². The van der Waals surface area contributed by atoms with Gasteiger partial charge in [-0.25, -0.2) is 9.37 Å². The van der Waals surface area contributed by atoms with Gasteiger partial charge >= 0.3 is 0 Å². The molecule has 3 rings (SSSR count). The van der Waals surface area contributed by atoms with E-state index >= 15 is 0 Å². The van der Waals surface area contributed by atoms with Gasteiger partial charge in [0.15, 0.2) is 0 Å². The number of nitrogens with zero attached hydrogens (tertiary/aromatic N) is 1. The highest BCUT2D eigenvalue weighted by Gasteiger charge is 2.26. The molecule has 2 aromatic rings. The number of H-pyrrole nitrogens is 1. The van der Waals surface area contributed by atoms with E-state index in [9.17, 15) is 9.18 Å². The normalized spacial score (nSPS) is 15.6. The summed E-state index contributed by atoms with van der Waals surface area (Å²) < 4.78 is 13.1. The molecule has 1 N–H and O–H groups in total. The summed E-state index contributed by atoms with van der Waals surface area (Å²) in [6.07, 6.45) is 2.07. The number of benzene rings is 1. The Labute approximate surface area is 95.3 Å². The van der Waals surface area contributed by atoms with Crippen LogP contribution in [-0.2, 0) is 0 Å². The molecule has 1 aromatic carbocycles. The van der Waals surface area contributed by atoms with Crippen molar-refractivity contribution in [2.24, 2.45) is 0 Å². The first-order valence-corrected chi connectivity index (χ1v) is 5.42. The van der Waals surface area contributed by atoms with Gasteiger partial charge in [-0.1, -0.05) is 11.6 Å². The number of hydrogen-bond donors (Lipinski definition) is 1. The summed E-state index contributed by atoms with van der Waals surface area (Å²) in [5, 5.41) is 0.386. The van der Waals surface area contributed by atoms with E-state index in [0.29, 0.717) is 17.3 Å². The van der Waals surface area contributed by atoms with E-state index in [1.54, 1.807) is 0 Å². The molecule has 1 saturated carbocycles. The third-order valence-corrected chi connectivity index (χ3v) is 3.00. The van der Waals surface area contributed by atoms with Crippen LogP contribution in [0.1, 0.15) is 24.6 Å². The lowest BCUT2D eigenvalue weighted by atomic mass is 10.2. The topological polar surface area (TPSA) is 45.8 Å². The highest BCUT2D eigenvalue weighted by Crippen LogP contribution is 2.38. The smallest absolute Gasteiger partial charge is 0.258 e. The molecule has 3 nitrogen and oxygen atoms in total. The minimum absolute atomic E-state index is 0.183. The zero-order valence-electron chi connectivity index (χ0n) is 8.26. The molecule has 1 aliphatic rings. The van der Waals surface area contributed by atoms with Gasteiger partial charge in [0.25, 0.3) is 5.56 Å². The summed E-state index contributed by atoms with van der Waals surface area (Å²) in [4.78, 5) is 18.7. The van der Waals surface area contributed by atoms with Crippen molar-refractivity contribution in [3.8, 4) is 0 Å². The number of aromatic nitrogens is 2. The number of aromatic amines is 1. The molecule has 16 heavy (non-hydrogen) atoms. The van der Waals surface area contributed by atoms with Gasteiger partial charge in [-0.2, -0.15) is 0 Å². The summed E-state index contributed by atoms with van der Waals surface area (Å²) >= 11 is 5.88. The van der Waals surface area contributed by atoms with E-state index in [1.807, 2.05) is 0 Å². The van der Waals surface area contributed by atoms with E-state index in [2.05, 4.69) is 9.97 Å². The fraction of sp³-hybridized carbons (Fsp3) is 0.273. The second kappa shape index (κ2) is 3.28. The van der Waals surface area contributed by atoms with Crippen LogP contribution in [0.3, 0.4) is 0 Å². The lowest BCUT2D eigenvalue weighted by Crippen LogP contribution is -2.11. The predicted octanol–water partition coefficient (Wildman–Crippen LogP) is 2.59. The van der Waals surface area contributed by atoms with Crippen LogP contribution < -0.4 is 5.56 Å². The first-order chi connectivity index (χ1) is 7.65. The maximum absolute atomic E-state index is 13.1. The van der Waals surface area contributed by atoms with Crippen LogP contribution in [0.2, 0.25) is 5.02 Å². The Morgan fingerprint density at radius 1 is 1.44 bits per heavy atom. The molecule has 0 atom stereocenters. The van der Waals surface area contributed by atoms with Gasteiger partial charge < -0.3 is 4.98 Å². The predicted molar refractivity (Wildman–Crippen MR) is 59.3 cm³/mol. The van der Waals surface area contributed by atoms with Crippen molar-refractivity contribution >= 4 is 22.5 Å². The van der Waals surface area contributed by atoms with Gasteiger partial charge in [-0.3, -0.25) is 4.79 Å². The molecule has 1 heterocycles. The average Bonchev–Trinajstić information content (AvgIpc) is 3.02. The lowest BCUT2D eigenvalue weighted by Gasteiger charge is -2.03. The third kappa shape index (κ3) is 1.50. The van der Waals surface area contributed by atoms with Crippen LogP contribution in [0, 0.1) is 5.82 Å². The molecule has 0 spiro atoms. The van der Waals surface area contributed by atoms with Gasteiger partial charge in [0.2, 0.25) is 0 Å². The number of halogens is 2. The Bertz CT molecular complexity index is 634. The highest BCUT2D eigenvalue weighted by atomic mass is 35.5. The molecular formula is C11H8ClFN2O. The van der Waals surface area contributed by atoms with E-state index in [1.165, 1.54) is 6.07 Å². The van der Waals surface area contributed by atoms with Gasteiger partial charge in [0, 0.05) is 5.92 Å². The Hall–Kier alpha value is -1.42. The monoisotopic (exact) mass is 238 g/mol. The van der Waals surface area contributed by atoms with Gasteiger partial charge in [-0.05, 0) is 25.0 Å². The molecule has 5 heteroatoms. The van der Waals surface area contributed by atoms with E-state index in [0.717, 1.165) is 18.9 Å². The van der Waals surface area contributed by atoms with E-state index < -0.39 is 5.82 Å². The highest BCUT2D eigenvalue weighted by molar-refractivity contribution is 6.35. The molecule has 0 aliphatic heterocycles. The quantitative estimate of drug-likeness (QED) is 0.830. The molecule has 0 saturated heterocycles. The second-order valence-electron chi connectivity index (χ2n) is 4.01. The van der Waals surface area contributed by atoms with E-state index in [4.69, 9.17) is 11.6 Å². The van der Waals surface area contributed by atoms with Crippen LogP contribution in [0.25, 0.3) is 10.9 Å². The minimum atomic E-state index is -0.524. The molecule has 1 fully saturated rings. The maximum atomic E-state index is 13.1. The molecule has 1 aromatic heterocycles. The molecule has 1 aliphatic carbocycles. The van der Waals surface area contributed by atoms with Gasteiger partial charge in [-0.15, -0.1) is 0 Å². The summed E-state index contributed by atoms with van der Waals surface area (Å²) in [5.41, 5.74) is 0.0574. The van der Waals surface area contributed by atoms with Crippen molar-refractivity contribution in [1.82, 2.24) is 9.97 Å². The van der Waals surface area contributed by atoms with Gasteiger partial charge in [0.1, 0.15) is 11.6 Å². The Kier molecular flexibility index (Phi) is 2.01. The van der Waals surface area contributed by atoms with Crippen LogP contribution in [0.5, 0.6) is 0 Å². The molecular weight excluding hydrogens is 231 g/mol. The molecule has 0 radical (unpaired) electrons. The first-order valence-electron chi connectivity index (χ1n) is 5.04. The first kappa shape index (κ1) is 9.78. The zero-order chi connectivity index (χ0) is 11.3. The van der Waals surface area contributed by atoms with Crippen molar-refractivity contribution in [2.45, 2.75) is 18.8 Å². The molecule has 0 amide bonds. The summed E-state index contributed by atoms with van der Waals surface area (Å²) in [5.74, 6) is 0.466. The average molecular weight is 239 g/mol. The standard InChI is InChI=1S/C11H8ClFN2O/c12-8-4-6(13)3-7-9(8)14-10(5-1-2-5)15-11(7)16/h3-5H,1-2H2,(H,14,15,16). The number of nitrogens with one attached hydrogen (secondary N) is 1. The second-order valence-corrected chi connectivity index (χ2v) is 4.42. The Morgan fingerprint density at radius 3 is 2.88 bits per heavy atom. The number of hydrogen-bond acceptors (Lipinski definition) is 2.